The number of pyridine rings is 1. The molecule has 2 nitrogen and oxygen atoms in total. The molecule has 3 heteroatoms. The molecular formula is C8H7FN2. The fourth-order valence-corrected chi connectivity index (χ4v) is 1.06. The molecule has 0 N–H and O–H groups in total. The van der Waals surface area contributed by atoms with Crippen molar-refractivity contribution in [3.63, 3.8) is 0 Å². The molecule has 0 amide bonds. The van der Waals surface area contributed by atoms with E-state index in [0.29, 0.717) is 11.1 Å². The van der Waals surface area contributed by atoms with Gasteiger partial charge in [-0.05, 0) is 18.6 Å². The number of hydrogen-bond donors (Lipinski definition) is 0. The van der Waals surface area contributed by atoms with Gasteiger partial charge in [-0.25, -0.2) is 9.37 Å². The normalized spacial score (nSPS) is 10.7. The molecule has 2 aromatic rings. The number of rotatable bonds is 0. The third-order valence-electron chi connectivity index (χ3n) is 1.72. The Bertz CT molecular complexity index is 392. The lowest BCUT2D eigenvalue weighted by molar-refractivity contribution is 0.624. The second kappa shape index (κ2) is 2.05. The number of aryl methyl sites for hydroxylation is 1. The smallest absolute Gasteiger partial charge is 0.151 e. The van der Waals surface area contributed by atoms with Crippen molar-refractivity contribution >= 4 is 5.52 Å². The first-order chi connectivity index (χ1) is 5.29. The Labute approximate surface area is 63.3 Å². The van der Waals surface area contributed by atoms with Gasteiger partial charge in [0.15, 0.2) is 5.82 Å². The molecule has 2 aromatic heterocycles. The predicted molar refractivity (Wildman–Crippen MR) is 39.9 cm³/mol. The Morgan fingerprint density at radius 2 is 2.36 bits per heavy atom. The van der Waals surface area contributed by atoms with Crippen LogP contribution < -0.4 is 0 Å². The molecular weight excluding hydrogens is 143 g/mol. The molecule has 0 radical (unpaired) electrons. The van der Waals surface area contributed by atoms with Crippen LogP contribution in [0.2, 0.25) is 0 Å². The zero-order valence-corrected chi connectivity index (χ0v) is 6.08. The quantitative estimate of drug-likeness (QED) is 0.559. The summed E-state index contributed by atoms with van der Waals surface area (Å²) >= 11 is 0. The van der Waals surface area contributed by atoms with Crippen molar-refractivity contribution in [2.75, 3.05) is 0 Å². The molecule has 0 saturated heterocycles. The largest absolute Gasteiger partial charge is 0.304 e. The van der Waals surface area contributed by atoms with E-state index in [4.69, 9.17) is 0 Å². The Kier molecular flexibility index (Phi) is 1.18. The molecule has 0 unspecified atom stereocenters. The van der Waals surface area contributed by atoms with Crippen LogP contribution >= 0.6 is 0 Å². The molecule has 0 atom stereocenters. The van der Waals surface area contributed by atoms with E-state index in [9.17, 15) is 4.39 Å². The summed E-state index contributed by atoms with van der Waals surface area (Å²) in [6.45, 7) is 1.74. The first-order valence-corrected chi connectivity index (χ1v) is 3.36. The maximum Gasteiger partial charge on any atom is 0.151 e. The van der Waals surface area contributed by atoms with E-state index in [2.05, 4.69) is 4.98 Å². The van der Waals surface area contributed by atoms with Gasteiger partial charge < -0.3 is 4.40 Å². The Morgan fingerprint density at radius 1 is 1.55 bits per heavy atom. The molecule has 0 aromatic carbocycles. The topological polar surface area (TPSA) is 17.3 Å². The number of hydrogen-bond acceptors (Lipinski definition) is 1. The van der Waals surface area contributed by atoms with Gasteiger partial charge >= 0.3 is 0 Å². The van der Waals surface area contributed by atoms with Crippen LogP contribution in [-0.2, 0) is 0 Å². The third kappa shape index (κ3) is 0.808. The zero-order chi connectivity index (χ0) is 7.84. The van der Waals surface area contributed by atoms with E-state index >= 15 is 0 Å². The zero-order valence-electron chi connectivity index (χ0n) is 6.08. The van der Waals surface area contributed by atoms with E-state index < -0.39 is 0 Å². The molecule has 11 heavy (non-hydrogen) atoms. The number of aromatic nitrogens is 2. The monoisotopic (exact) mass is 150 g/mol. The Hall–Kier alpha value is -1.38. The highest BCUT2D eigenvalue weighted by Crippen LogP contribution is 2.11. The minimum atomic E-state index is -0.190. The maximum absolute atomic E-state index is 13.2. The van der Waals surface area contributed by atoms with Crippen LogP contribution in [0.3, 0.4) is 0 Å². The summed E-state index contributed by atoms with van der Waals surface area (Å²) in [5.74, 6) is -0.190. The van der Waals surface area contributed by atoms with Crippen molar-refractivity contribution in [1.82, 2.24) is 9.38 Å². The highest BCUT2D eigenvalue weighted by atomic mass is 19.1. The second-order valence-electron chi connectivity index (χ2n) is 2.50. The molecule has 2 rings (SSSR count). The van der Waals surface area contributed by atoms with Crippen molar-refractivity contribution in [2.24, 2.45) is 0 Å². The lowest BCUT2D eigenvalue weighted by atomic mass is 10.2. The lowest BCUT2D eigenvalue weighted by Gasteiger charge is -1.97. The molecule has 0 bridgehead atoms. The van der Waals surface area contributed by atoms with Gasteiger partial charge in [0.05, 0.1) is 12.5 Å². The molecule has 56 valence electrons. The van der Waals surface area contributed by atoms with Gasteiger partial charge in [-0.2, -0.15) is 0 Å². The molecule has 2 heterocycles. The summed E-state index contributed by atoms with van der Waals surface area (Å²) in [6, 6.07) is 1.73. The maximum atomic E-state index is 13.2. The van der Waals surface area contributed by atoms with Crippen molar-refractivity contribution in [1.29, 1.82) is 0 Å². The summed E-state index contributed by atoms with van der Waals surface area (Å²) in [6.07, 6.45) is 4.89. The van der Waals surface area contributed by atoms with Crippen LogP contribution in [0.5, 0.6) is 0 Å². The van der Waals surface area contributed by atoms with Gasteiger partial charge in [-0.1, -0.05) is 0 Å². The minimum absolute atomic E-state index is 0.190. The van der Waals surface area contributed by atoms with E-state index in [-0.39, 0.29) is 5.82 Å². The van der Waals surface area contributed by atoms with Gasteiger partial charge in [0.2, 0.25) is 0 Å². The third-order valence-corrected chi connectivity index (χ3v) is 1.72. The van der Waals surface area contributed by atoms with Crippen LogP contribution in [0.25, 0.3) is 5.52 Å². The second-order valence-corrected chi connectivity index (χ2v) is 2.50. The molecule has 0 saturated carbocycles. The highest BCUT2D eigenvalue weighted by Gasteiger charge is 2.02. The first-order valence-electron chi connectivity index (χ1n) is 3.36. The van der Waals surface area contributed by atoms with Crippen molar-refractivity contribution in [2.45, 2.75) is 6.92 Å². The summed E-state index contributed by atoms with van der Waals surface area (Å²) in [4.78, 5) is 3.83. The lowest BCUT2D eigenvalue weighted by Crippen LogP contribution is -1.88. The molecule has 0 spiro atoms. The van der Waals surface area contributed by atoms with E-state index in [0.717, 1.165) is 0 Å². The average Bonchev–Trinajstić information content (AvgIpc) is 2.45. The highest BCUT2D eigenvalue weighted by molar-refractivity contribution is 5.48. The van der Waals surface area contributed by atoms with Gasteiger partial charge in [-0.3, -0.25) is 0 Å². The number of imidazole rings is 1. The first kappa shape index (κ1) is 6.34. The summed E-state index contributed by atoms with van der Waals surface area (Å²) in [7, 11) is 0. The number of nitrogens with zero attached hydrogens (tertiary/aromatic N) is 2. The summed E-state index contributed by atoms with van der Waals surface area (Å²) < 4.78 is 14.8. The fourth-order valence-electron chi connectivity index (χ4n) is 1.06. The SMILES string of the molecule is Cc1ccn2cncc2c1F. The van der Waals surface area contributed by atoms with Crippen LogP contribution in [0.15, 0.2) is 24.8 Å². The Morgan fingerprint density at radius 3 is 3.18 bits per heavy atom. The minimum Gasteiger partial charge on any atom is -0.304 e. The van der Waals surface area contributed by atoms with Crippen LogP contribution in [0.1, 0.15) is 5.56 Å². The van der Waals surface area contributed by atoms with Gasteiger partial charge in [0.25, 0.3) is 0 Å². The van der Waals surface area contributed by atoms with Crippen molar-refractivity contribution < 1.29 is 4.39 Å². The number of fused-ring (bicyclic) bond motifs is 1. The van der Waals surface area contributed by atoms with Crippen molar-refractivity contribution in [3.05, 3.63) is 36.2 Å². The molecule has 0 aliphatic carbocycles. The average molecular weight is 150 g/mol. The standard InChI is InChI=1S/C8H7FN2/c1-6-2-3-11-5-10-4-7(11)8(6)9/h2-5H,1H3. The van der Waals surface area contributed by atoms with Crippen LogP contribution in [-0.4, -0.2) is 9.38 Å². The van der Waals surface area contributed by atoms with Gasteiger partial charge in [0, 0.05) is 6.20 Å². The van der Waals surface area contributed by atoms with Crippen LogP contribution in [0, 0.1) is 12.7 Å². The Balaban J connectivity index is 2.93. The molecule has 0 aliphatic heterocycles. The predicted octanol–water partition coefficient (Wildman–Crippen LogP) is 1.78. The summed E-state index contributed by atoms with van der Waals surface area (Å²) in [5, 5.41) is 0. The van der Waals surface area contributed by atoms with E-state index in [1.807, 2.05) is 0 Å². The van der Waals surface area contributed by atoms with Crippen molar-refractivity contribution in [3.8, 4) is 0 Å². The van der Waals surface area contributed by atoms with Crippen LogP contribution in [0.4, 0.5) is 4.39 Å². The van der Waals surface area contributed by atoms with Gasteiger partial charge in [-0.15, -0.1) is 0 Å². The van der Waals surface area contributed by atoms with E-state index in [1.54, 1.807) is 29.9 Å². The number of halogens is 1. The fraction of sp³-hybridized carbons (Fsp3) is 0.125. The summed E-state index contributed by atoms with van der Waals surface area (Å²) in [5.41, 5.74) is 1.18. The molecule has 0 aliphatic rings. The van der Waals surface area contributed by atoms with Gasteiger partial charge in [0.1, 0.15) is 5.52 Å². The molecule has 0 fully saturated rings. The van der Waals surface area contributed by atoms with E-state index in [1.165, 1.54) is 6.20 Å².